The highest BCUT2D eigenvalue weighted by Crippen LogP contribution is 2.25. The average molecular weight is 395 g/mol. The fourth-order valence-electron chi connectivity index (χ4n) is 2.85. The molecule has 0 aliphatic carbocycles. The van der Waals surface area contributed by atoms with Gasteiger partial charge in [0.15, 0.2) is 6.61 Å². The number of halogens is 4. The van der Waals surface area contributed by atoms with Crippen LogP contribution in [0.3, 0.4) is 0 Å². The van der Waals surface area contributed by atoms with Crippen LogP contribution in [0.25, 0.3) is 10.9 Å². The molecule has 0 aliphatic rings. The van der Waals surface area contributed by atoms with Crippen molar-refractivity contribution in [2.75, 3.05) is 18.9 Å². The zero-order valence-corrected chi connectivity index (χ0v) is 15.0. The van der Waals surface area contributed by atoms with E-state index in [1.54, 1.807) is 18.2 Å². The van der Waals surface area contributed by atoms with E-state index in [9.17, 15) is 17.6 Å². The van der Waals surface area contributed by atoms with Crippen molar-refractivity contribution in [1.29, 1.82) is 0 Å². The summed E-state index contributed by atoms with van der Waals surface area (Å²) in [7, 11) is 0. The molecule has 8 heteroatoms. The number of anilines is 1. The third-order valence-electron chi connectivity index (χ3n) is 4.34. The number of rotatable bonds is 9. The van der Waals surface area contributed by atoms with E-state index in [2.05, 4.69) is 10.3 Å². The highest BCUT2D eigenvalue weighted by molar-refractivity contribution is 5.86. The van der Waals surface area contributed by atoms with Crippen LogP contribution < -0.4 is 15.8 Å². The van der Waals surface area contributed by atoms with Crippen molar-refractivity contribution in [3.8, 4) is 5.75 Å². The van der Waals surface area contributed by atoms with Crippen molar-refractivity contribution in [1.82, 2.24) is 10.3 Å². The van der Waals surface area contributed by atoms with Crippen LogP contribution in [-0.2, 0) is 13.0 Å². The van der Waals surface area contributed by atoms with Crippen molar-refractivity contribution < 1.29 is 22.3 Å². The summed E-state index contributed by atoms with van der Waals surface area (Å²) in [4.78, 5) is 3.20. The lowest BCUT2D eigenvalue weighted by atomic mass is 10.1. The molecule has 0 saturated carbocycles. The first-order valence-electron chi connectivity index (χ1n) is 8.79. The van der Waals surface area contributed by atoms with Gasteiger partial charge in [0.2, 0.25) is 0 Å². The van der Waals surface area contributed by atoms with E-state index in [1.807, 2.05) is 24.4 Å². The van der Waals surface area contributed by atoms with Gasteiger partial charge in [-0.3, -0.25) is 0 Å². The van der Waals surface area contributed by atoms with Gasteiger partial charge >= 0.3 is 12.3 Å². The molecule has 0 radical (unpaired) electrons. The molecule has 150 valence electrons. The molecule has 0 saturated heterocycles. The number of nitrogens with two attached hydrogens (primary N) is 1. The van der Waals surface area contributed by atoms with Gasteiger partial charge in [0.1, 0.15) is 5.75 Å². The van der Waals surface area contributed by atoms with Gasteiger partial charge in [-0.2, -0.15) is 8.78 Å². The van der Waals surface area contributed by atoms with Gasteiger partial charge in [0, 0.05) is 29.3 Å². The number of nitrogens with one attached hydrogen (secondary N) is 2. The van der Waals surface area contributed by atoms with Crippen LogP contribution in [0, 0.1) is 0 Å². The van der Waals surface area contributed by atoms with Crippen molar-refractivity contribution in [3.05, 3.63) is 59.8 Å². The Balaban J connectivity index is 1.50. The molecular formula is C20H21F4N3O. The van der Waals surface area contributed by atoms with Crippen LogP contribution in [0.15, 0.2) is 48.7 Å². The van der Waals surface area contributed by atoms with E-state index in [4.69, 9.17) is 10.5 Å². The molecule has 0 aliphatic heterocycles. The number of aromatic nitrogens is 1. The minimum atomic E-state index is -4.17. The summed E-state index contributed by atoms with van der Waals surface area (Å²) >= 11 is 0. The fourth-order valence-corrected chi connectivity index (χ4v) is 2.85. The molecule has 0 spiro atoms. The van der Waals surface area contributed by atoms with Gasteiger partial charge in [-0.15, -0.1) is 0 Å². The van der Waals surface area contributed by atoms with Crippen LogP contribution in [-0.4, -0.2) is 30.5 Å². The predicted octanol–water partition coefficient (Wildman–Crippen LogP) is 4.36. The van der Waals surface area contributed by atoms with E-state index in [-0.39, 0.29) is 5.75 Å². The molecule has 0 unspecified atom stereocenters. The Labute approximate surface area is 159 Å². The Morgan fingerprint density at radius 2 is 1.96 bits per heavy atom. The van der Waals surface area contributed by atoms with Crippen molar-refractivity contribution in [2.24, 2.45) is 0 Å². The lowest BCUT2D eigenvalue weighted by Gasteiger charge is -2.16. The summed E-state index contributed by atoms with van der Waals surface area (Å²) in [5.41, 5.74) is 9.51. The van der Waals surface area contributed by atoms with Crippen LogP contribution in [0.1, 0.15) is 11.1 Å². The Morgan fingerprint density at radius 3 is 2.75 bits per heavy atom. The maximum absolute atomic E-state index is 13.0. The molecule has 3 rings (SSSR count). The smallest absolute Gasteiger partial charge is 0.340 e. The van der Waals surface area contributed by atoms with Gasteiger partial charge in [0.25, 0.3) is 0 Å². The second kappa shape index (κ2) is 8.52. The summed E-state index contributed by atoms with van der Waals surface area (Å²) in [5.74, 6) is -4.04. The number of fused-ring (bicyclic) bond motifs is 1. The summed E-state index contributed by atoms with van der Waals surface area (Å²) in [6.07, 6.45) is -1.03. The Kier molecular flexibility index (Phi) is 6.08. The minimum absolute atomic E-state index is 0.131. The van der Waals surface area contributed by atoms with Crippen LogP contribution in [0.2, 0.25) is 0 Å². The molecule has 0 bridgehead atoms. The number of alkyl halides is 4. The lowest BCUT2D eigenvalue weighted by Crippen LogP contribution is -2.33. The molecule has 3 aromatic rings. The number of benzene rings is 2. The lowest BCUT2D eigenvalue weighted by molar-refractivity contribution is -0.148. The zero-order chi connectivity index (χ0) is 20.1. The van der Waals surface area contributed by atoms with E-state index in [1.165, 1.54) is 6.07 Å². The van der Waals surface area contributed by atoms with Crippen LogP contribution in [0.5, 0.6) is 5.75 Å². The van der Waals surface area contributed by atoms with Crippen molar-refractivity contribution in [2.45, 2.75) is 25.3 Å². The van der Waals surface area contributed by atoms with Gasteiger partial charge < -0.3 is 20.8 Å². The average Bonchev–Trinajstić information content (AvgIpc) is 3.06. The Hall–Kier alpha value is -2.74. The fraction of sp³-hybridized carbons (Fsp3) is 0.300. The third kappa shape index (κ3) is 4.95. The van der Waals surface area contributed by atoms with Crippen molar-refractivity contribution in [3.63, 3.8) is 0 Å². The van der Waals surface area contributed by atoms with E-state index in [0.29, 0.717) is 18.8 Å². The van der Waals surface area contributed by atoms with Gasteiger partial charge in [-0.25, -0.2) is 8.78 Å². The molecule has 4 N–H and O–H groups in total. The maximum atomic E-state index is 13.0. The summed E-state index contributed by atoms with van der Waals surface area (Å²) < 4.78 is 55.1. The maximum Gasteiger partial charge on any atom is 0.340 e. The number of ether oxygens (including phenoxy) is 1. The summed E-state index contributed by atoms with van der Waals surface area (Å²) in [6, 6.07) is 12.2. The third-order valence-corrected chi connectivity index (χ3v) is 4.34. The molecule has 4 nitrogen and oxygen atoms in total. The Morgan fingerprint density at radius 1 is 1.14 bits per heavy atom. The topological polar surface area (TPSA) is 63.1 Å². The number of aromatic amines is 1. The monoisotopic (exact) mass is 395 g/mol. The van der Waals surface area contributed by atoms with Gasteiger partial charge in [-0.1, -0.05) is 12.1 Å². The number of hydrogen-bond donors (Lipinski definition) is 3. The number of nitrogen functional groups attached to an aromatic ring is 1. The molecular weight excluding hydrogens is 374 g/mol. The molecule has 0 amide bonds. The van der Waals surface area contributed by atoms with Gasteiger partial charge in [0.05, 0.1) is 0 Å². The highest BCUT2D eigenvalue weighted by atomic mass is 19.3. The SMILES string of the molecule is Nc1ccc2[nH]cc(CCNCc3cccc(OCC(F)(F)C(F)F)c3)c2c1. The minimum Gasteiger partial charge on any atom is -0.487 e. The van der Waals surface area contributed by atoms with E-state index < -0.39 is 19.0 Å². The Bertz CT molecular complexity index is 927. The predicted molar refractivity (Wildman–Crippen MR) is 101 cm³/mol. The molecule has 0 atom stereocenters. The summed E-state index contributed by atoms with van der Waals surface area (Å²) in [5, 5.41) is 4.35. The quantitative estimate of drug-likeness (QED) is 0.287. The normalized spacial score (nSPS) is 12.0. The molecule has 28 heavy (non-hydrogen) atoms. The first-order chi connectivity index (χ1) is 13.3. The second-order valence-electron chi connectivity index (χ2n) is 6.54. The molecule has 1 aromatic heterocycles. The van der Waals surface area contributed by atoms with Crippen LogP contribution >= 0.6 is 0 Å². The van der Waals surface area contributed by atoms with Gasteiger partial charge in [-0.05, 0) is 54.4 Å². The van der Waals surface area contributed by atoms with Crippen molar-refractivity contribution >= 4 is 16.6 Å². The standard InChI is InChI=1S/C20H21F4N3O/c21-19(22)20(23,24)12-28-16-3-1-2-13(8-16)10-26-7-6-14-11-27-18-5-4-15(25)9-17(14)18/h1-5,8-9,11,19,26-27H,6-7,10,12,25H2. The number of hydrogen-bond acceptors (Lipinski definition) is 3. The zero-order valence-electron chi connectivity index (χ0n) is 15.0. The van der Waals surface area contributed by atoms with E-state index in [0.717, 1.165) is 28.5 Å². The summed E-state index contributed by atoms with van der Waals surface area (Å²) in [6.45, 7) is -0.172. The first kappa shape index (κ1) is 20.0. The molecule has 2 aromatic carbocycles. The van der Waals surface area contributed by atoms with E-state index >= 15 is 0 Å². The molecule has 0 fully saturated rings. The highest BCUT2D eigenvalue weighted by Gasteiger charge is 2.41. The first-order valence-corrected chi connectivity index (χ1v) is 8.79. The number of H-pyrrole nitrogens is 1. The van der Waals surface area contributed by atoms with Crippen LogP contribution in [0.4, 0.5) is 23.2 Å². The molecule has 1 heterocycles. The second-order valence-corrected chi connectivity index (χ2v) is 6.54. The largest absolute Gasteiger partial charge is 0.487 e.